The van der Waals surface area contributed by atoms with Crippen molar-refractivity contribution in [3.63, 3.8) is 0 Å². The van der Waals surface area contributed by atoms with Crippen molar-refractivity contribution in [2.45, 2.75) is 26.3 Å². The largest absolute Gasteiger partial charge is 0.353 e. The first-order valence-corrected chi connectivity index (χ1v) is 7.15. The summed E-state index contributed by atoms with van der Waals surface area (Å²) in [7, 11) is -3.20. The Hall–Kier alpha value is -0.660. The molecule has 0 rings (SSSR count). The second kappa shape index (κ2) is 6.82. The first-order chi connectivity index (χ1) is 7.28. The summed E-state index contributed by atoms with van der Waals surface area (Å²) in [4.78, 5) is 11.5. The summed E-state index contributed by atoms with van der Waals surface area (Å²) in [5, 5.41) is 2.58. The van der Waals surface area contributed by atoms with Crippen molar-refractivity contribution in [2.24, 2.45) is 11.7 Å². The molecule has 0 heterocycles. The van der Waals surface area contributed by atoms with E-state index in [-0.39, 0.29) is 24.9 Å². The van der Waals surface area contributed by atoms with Crippen LogP contribution >= 0.6 is 0 Å². The average Bonchev–Trinajstić information content (AvgIpc) is 2.20. The molecule has 0 saturated heterocycles. The minimum atomic E-state index is -3.20. The van der Waals surface area contributed by atoms with Crippen molar-refractivity contribution in [2.75, 3.05) is 19.3 Å². The molecule has 0 radical (unpaired) electrons. The maximum Gasteiger partial charge on any atom is 0.237 e. The van der Waals surface area contributed by atoms with Gasteiger partial charge in [0.1, 0.15) is 0 Å². The molecule has 1 amide bonds. The van der Waals surface area contributed by atoms with Crippen molar-refractivity contribution in [3.8, 4) is 0 Å². The number of nitrogens with one attached hydrogen (secondary N) is 2. The van der Waals surface area contributed by atoms with Crippen LogP contribution in [0.4, 0.5) is 0 Å². The summed E-state index contributed by atoms with van der Waals surface area (Å²) in [5.74, 6) is -0.132. The van der Waals surface area contributed by atoms with Gasteiger partial charge in [0.25, 0.3) is 0 Å². The first kappa shape index (κ1) is 15.3. The van der Waals surface area contributed by atoms with Crippen molar-refractivity contribution >= 4 is 15.9 Å². The highest BCUT2D eigenvalue weighted by atomic mass is 32.2. The molecule has 16 heavy (non-hydrogen) atoms. The van der Waals surface area contributed by atoms with E-state index in [1.54, 1.807) is 0 Å². The number of hydrogen-bond donors (Lipinski definition) is 3. The van der Waals surface area contributed by atoms with Gasteiger partial charge in [-0.25, -0.2) is 13.1 Å². The van der Waals surface area contributed by atoms with Crippen LogP contribution in [-0.4, -0.2) is 39.7 Å². The van der Waals surface area contributed by atoms with Crippen LogP contribution in [0.3, 0.4) is 0 Å². The molecular weight excluding hydrogens is 230 g/mol. The summed E-state index contributed by atoms with van der Waals surface area (Å²) in [6, 6.07) is -0.539. The van der Waals surface area contributed by atoms with Crippen molar-refractivity contribution in [1.29, 1.82) is 0 Å². The van der Waals surface area contributed by atoms with Crippen LogP contribution in [0.5, 0.6) is 0 Å². The maximum atomic E-state index is 11.5. The molecule has 0 aromatic carbocycles. The van der Waals surface area contributed by atoms with E-state index in [1.807, 2.05) is 13.8 Å². The number of nitrogens with two attached hydrogens (primary N) is 1. The molecule has 4 N–H and O–H groups in total. The Balaban J connectivity index is 3.82. The maximum absolute atomic E-state index is 11.5. The second-order valence-electron chi connectivity index (χ2n) is 3.87. The zero-order valence-electron chi connectivity index (χ0n) is 9.99. The number of amides is 1. The molecule has 0 aromatic heterocycles. The molecule has 0 spiro atoms. The standard InChI is InChI=1S/C9H21N3O3S/c1-4-7(2)8(10)9(13)11-5-6-12-16(3,14)15/h7-8,12H,4-6,10H2,1-3H3,(H,11,13)/t7?,8-/m0/s1. The van der Waals surface area contributed by atoms with Gasteiger partial charge in [0.05, 0.1) is 12.3 Å². The number of rotatable bonds is 7. The number of carbonyl (C=O) groups is 1. The molecule has 1 unspecified atom stereocenters. The summed E-state index contributed by atoms with van der Waals surface area (Å²) >= 11 is 0. The van der Waals surface area contributed by atoms with E-state index in [0.29, 0.717) is 0 Å². The van der Waals surface area contributed by atoms with E-state index in [4.69, 9.17) is 5.73 Å². The van der Waals surface area contributed by atoms with Crippen LogP contribution in [0.15, 0.2) is 0 Å². The van der Waals surface area contributed by atoms with Gasteiger partial charge in [-0.1, -0.05) is 20.3 Å². The highest BCUT2D eigenvalue weighted by Gasteiger charge is 2.18. The third-order valence-corrected chi connectivity index (χ3v) is 3.08. The normalized spacial score (nSPS) is 15.5. The molecule has 6 nitrogen and oxygen atoms in total. The topological polar surface area (TPSA) is 101 Å². The molecule has 0 fully saturated rings. The van der Waals surface area contributed by atoms with Gasteiger partial charge in [-0.05, 0) is 5.92 Å². The number of hydrogen-bond acceptors (Lipinski definition) is 4. The molecular formula is C9H21N3O3S. The Bertz CT molecular complexity index is 316. The first-order valence-electron chi connectivity index (χ1n) is 5.25. The molecule has 0 aromatic rings. The van der Waals surface area contributed by atoms with E-state index in [1.165, 1.54) is 0 Å². The minimum absolute atomic E-state index is 0.114. The highest BCUT2D eigenvalue weighted by Crippen LogP contribution is 2.04. The fourth-order valence-corrected chi connectivity index (χ4v) is 1.53. The Kier molecular flexibility index (Phi) is 6.54. The Morgan fingerprint density at radius 3 is 2.38 bits per heavy atom. The van der Waals surface area contributed by atoms with E-state index >= 15 is 0 Å². The van der Waals surface area contributed by atoms with Crippen LogP contribution in [-0.2, 0) is 14.8 Å². The summed E-state index contributed by atoms with van der Waals surface area (Å²) < 4.78 is 23.7. The van der Waals surface area contributed by atoms with Crippen LogP contribution in [0.2, 0.25) is 0 Å². The molecule has 2 atom stereocenters. The van der Waals surface area contributed by atoms with Crippen LogP contribution < -0.4 is 15.8 Å². The third-order valence-electron chi connectivity index (χ3n) is 2.35. The highest BCUT2D eigenvalue weighted by molar-refractivity contribution is 7.88. The van der Waals surface area contributed by atoms with Gasteiger partial charge < -0.3 is 11.1 Å². The van der Waals surface area contributed by atoms with Gasteiger partial charge in [-0.3, -0.25) is 4.79 Å². The van der Waals surface area contributed by atoms with Crippen LogP contribution in [0, 0.1) is 5.92 Å². The zero-order valence-corrected chi connectivity index (χ0v) is 10.8. The molecule has 0 aliphatic heterocycles. The lowest BCUT2D eigenvalue weighted by Gasteiger charge is -2.17. The van der Waals surface area contributed by atoms with Gasteiger partial charge in [0.15, 0.2) is 0 Å². The van der Waals surface area contributed by atoms with Gasteiger partial charge in [0, 0.05) is 13.1 Å². The lowest BCUT2D eigenvalue weighted by molar-refractivity contribution is -0.123. The van der Waals surface area contributed by atoms with Crippen LogP contribution in [0.25, 0.3) is 0 Å². The van der Waals surface area contributed by atoms with Gasteiger partial charge in [-0.15, -0.1) is 0 Å². The Morgan fingerprint density at radius 2 is 1.94 bits per heavy atom. The molecule has 0 aliphatic rings. The SMILES string of the molecule is CCC(C)[C@H](N)C(=O)NCCNS(C)(=O)=O. The van der Waals surface area contributed by atoms with Crippen molar-refractivity contribution in [1.82, 2.24) is 10.0 Å². The molecule has 0 aliphatic carbocycles. The zero-order chi connectivity index (χ0) is 12.8. The van der Waals surface area contributed by atoms with Crippen LogP contribution in [0.1, 0.15) is 20.3 Å². The van der Waals surface area contributed by atoms with E-state index in [9.17, 15) is 13.2 Å². The summed E-state index contributed by atoms with van der Waals surface area (Å²) in [6.07, 6.45) is 1.90. The monoisotopic (exact) mass is 251 g/mol. The molecule has 0 bridgehead atoms. The number of carbonyl (C=O) groups excluding carboxylic acids is 1. The lowest BCUT2D eigenvalue weighted by Crippen LogP contribution is -2.46. The fourth-order valence-electron chi connectivity index (χ4n) is 1.05. The predicted octanol–water partition coefficient (Wildman–Crippen LogP) is -0.975. The molecule has 0 saturated carbocycles. The predicted molar refractivity (Wildman–Crippen MR) is 63.3 cm³/mol. The van der Waals surface area contributed by atoms with Crippen molar-refractivity contribution in [3.05, 3.63) is 0 Å². The van der Waals surface area contributed by atoms with Gasteiger partial charge in [0.2, 0.25) is 15.9 Å². The van der Waals surface area contributed by atoms with Gasteiger partial charge in [-0.2, -0.15) is 0 Å². The summed E-state index contributed by atoms with van der Waals surface area (Å²) in [6.45, 7) is 4.29. The van der Waals surface area contributed by atoms with Crippen molar-refractivity contribution < 1.29 is 13.2 Å². The fraction of sp³-hybridized carbons (Fsp3) is 0.889. The van der Waals surface area contributed by atoms with E-state index in [0.717, 1.165) is 12.7 Å². The smallest absolute Gasteiger partial charge is 0.237 e. The van der Waals surface area contributed by atoms with E-state index in [2.05, 4.69) is 10.0 Å². The lowest BCUT2D eigenvalue weighted by atomic mass is 9.99. The second-order valence-corrected chi connectivity index (χ2v) is 5.70. The summed E-state index contributed by atoms with van der Waals surface area (Å²) in [5.41, 5.74) is 5.69. The van der Waals surface area contributed by atoms with Gasteiger partial charge >= 0.3 is 0 Å². The molecule has 96 valence electrons. The average molecular weight is 251 g/mol. The van der Waals surface area contributed by atoms with E-state index < -0.39 is 16.1 Å². The Labute approximate surface area is 97.0 Å². The number of sulfonamides is 1. The Morgan fingerprint density at radius 1 is 1.38 bits per heavy atom. The quantitative estimate of drug-likeness (QED) is 0.506. The third kappa shape index (κ3) is 6.76. The molecule has 7 heteroatoms. The minimum Gasteiger partial charge on any atom is -0.353 e.